The lowest BCUT2D eigenvalue weighted by Crippen LogP contribution is -3.00. The lowest BCUT2D eigenvalue weighted by atomic mass is 10.1. The summed E-state index contributed by atoms with van der Waals surface area (Å²) in [6, 6.07) is 6.34. The monoisotopic (exact) mass is 705 g/mol. The van der Waals surface area contributed by atoms with Crippen LogP contribution in [0.4, 0.5) is 25.9 Å². The first-order chi connectivity index (χ1) is 22.0. The summed E-state index contributed by atoms with van der Waals surface area (Å²) in [7, 11) is -7.33. The molecule has 0 unspecified atom stereocenters. The van der Waals surface area contributed by atoms with Crippen LogP contribution in [-0.4, -0.2) is 95.1 Å². The summed E-state index contributed by atoms with van der Waals surface area (Å²) < 4.78 is 63.4. The third-order valence-corrected chi connectivity index (χ3v) is 11.0. The molecule has 0 aromatic rings. The van der Waals surface area contributed by atoms with Gasteiger partial charge in [-0.05, 0) is 103 Å². The van der Waals surface area contributed by atoms with Crippen LogP contribution in [-0.2, 0) is 0 Å². The molecule has 0 spiro atoms. The van der Waals surface area contributed by atoms with Gasteiger partial charge in [0.15, 0.2) is 0 Å². The summed E-state index contributed by atoms with van der Waals surface area (Å²) in [5, 5.41) is 0. The highest BCUT2D eigenvalue weighted by atomic mass is 19.4. The van der Waals surface area contributed by atoms with Crippen molar-refractivity contribution in [2.24, 2.45) is 0 Å². The summed E-state index contributed by atoms with van der Waals surface area (Å²) in [6.07, 6.45) is 26.7. The van der Waals surface area contributed by atoms with E-state index in [1.165, 1.54) is 103 Å². The summed E-state index contributed by atoms with van der Waals surface area (Å²) in [6.45, 7) is 18.8. The molecule has 0 N–H and O–H groups in total. The molecule has 8 atom stereocenters. The zero-order valence-electron chi connectivity index (χ0n) is 31.1. The molecule has 14 heteroatoms. The smallest absolute Gasteiger partial charge is 0.762 e. The minimum Gasteiger partial charge on any atom is -1.00 e. The standard InChI is InChI=1S/2C17H33N2.2BF3.2FH/c2*1-5-14-9-10-15(6-2)18(14)13-19-16(7-3)11-12-17(19)8-4;2*2-1(3)4;;/h2*13-17H,5-12H2,1-4H3;;;2*1H/q2*+1;;;;/p-2/t2*14-,15-,16-,17-;;;;/m10..../s1. The van der Waals surface area contributed by atoms with Gasteiger partial charge in [-0.25, -0.2) is 0 Å². The zero-order chi connectivity index (χ0) is 34.8. The fraction of sp³-hybridized carbons (Fsp3) is 0.941. The molecule has 4 heterocycles. The Morgan fingerprint density at radius 3 is 0.750 bits per heavy atom. The number of nitrogens with zero attached hydrogens (tertiary/aromatic N) is 4. The number of halogens is 8. The SMILES string of the molecule is CC[C@@H]1CC[C@@H](CC)N1C=[N+]1[C@H](CC)CC[C@H]1CC.CC[C@H]1CC[C@H](CC)N1C=[N+]1[C@@H](CC)CC[C@@H]1CC.FB(F)F.FB(F)F.[F-].[F-]. The lowest BCUT2D eigenvalue weighted by Gasteiger charge is -2.24. The number of rotatable bonds is 10. The summed E-state index contributed by atoms with van der Waals surface area (Å²) >= 11 is 0. The van der Waals surface area contributed by atoms with Gasteiger partial charge in [0.05, 0.1) is 48.3 Å². The maximum atomic E-state index is 9.67. The fourth-order valence-electron chi connectivity index (χ4n) is 8.31. The molecule has 0 amide bonds. The molecule has 0 radical (unpaired) electrons. The molecule has 0 aliphatic carbocycles. The third-order valence-electron chi connectivity index (χ3n) is 11.0. The van der Waals surface area contributed by atoms with Crippen molar-refractivity contribution in [1.29, 1.82) is 0 Å². The molecule has 0 bridgehead atoms. The quantitative estimate of drug-likeness (QED) is 0.149. The minimum atomic E-state index is -3.67. The minimum absolute atomic E-state index is 0. The van der Waals surface area contributed by atoms with Gasteiger partial charge in [-0.1, -0.05) is 55.4 Å². The van der Waals surface area contributed by atoms with Crippen LogP contribution < -0.4 is 9.41 Å². The lowest BCUT2D eigenvalue weighted by molar-refractivity contribution is -0.579. The summed E-state index contributed by atoms with van der Waals surface area (Å²) in [5.74, 6) is 0. The van der Waals surface area contributed by atoms with Gasteiger partial charge < -0.3 is 9.41 Å². The van der Waals surface area contributed by atoms with E-state index in [4.69, 9.17) is 0 Å². The number of hydrogen-bond donors (Lipinski definition) is 0. The Morgan fingerprint density at radius 1 is 0.417 bits per heavy atom. The molecule has 48 heavy (non-hydrogen) atoms. The van der Waals surface area contributed by atoms with Crippen LogP contribution in [0.15, 0.2) is 0 Å². The predicted molar refractivity (Wildman–Crippen MR) is 184 cm³/mol. The zero-order valence-corrected chi connectivity index (χ0v) is 31.1. The topological polar surface area (TPSA) is 12.5 Å². The van der Waals surface area contributed by atoms with Crippen LogP contribution in [0.25, 0.3) is 0 Å². The molecule has 4 rings (SSSR count). The van der Waals surface area contributed by atoms with Gasteiger partial charge in [0.25, 0.3) is 0 Å². The van der Waals surface area contributed by atoms with Gasteiger partial charge >= 0.3 is 15.1 Å². The molecular weight excluding hydrogens is 638 g/mol. The summed E-state index contributed by atoms with van der Waals surface area (Å²) in [5.41, 5.74) is 0. The Bertz CT molecular complexity index is 747. The molecular formula is C34H66B2F8N4. The maximum Gasteiger partial charge on any atom is 0.762 e. The molecule has 0 aromatic heterocycles. The first-order valence-corrected chi connectivity index (χ1v) is 18.6. The van der Waals surface area contributed by atoms with Crippen LogP contribution in [0.2, 0.25) is 0 Å². The first-order valence-electron chi connectivity index (χ1n) is 18.6. The van der Waals surface area contributed by atoms with Crippen LogP contribution in [0.5, 0.6) is 0 Å². The van der Waals surface area contributed by atoms with E-state index in [0.717, 1.165) is 48.3 Å². The van der Waals surface area contributed by atoms with Gasteiger partial charge in [0, 0.05) is 0 Å². The molecule has 4 nitrogen and oxygen atoms in total. The third kappa shape index (κ3) is 15.2. The van der Waals surface area contributed by atoms with Gasteiger partial charge in [-0.15, -0.1) is 0 Å². The Kier molecular flexibility index (Phi) is 26.7. The maximum absolute atomic E-state index is 9.67. The van der Waals surface area contributed by atoms with Crippen molar-refractivity contribution in [3.63, 3.8) is 0 Å². The fourth-order valence-corrected chi connectivity index (χ4v) is 8.31. The van der Waals surface area contributed by atoms with Crippen molar-refractivity contribution in [2.45, 2.75) is 206 Å². The van der Waals surface area contributed by atoms with E-state index in [-0.39, 0.29) is 9.41 Å². The highest BCUT2D eigenvalue weighted by Crippen LogP contribution is 2.30. The first kappa shape index (κ1) is 48.6. The van der Waals surface area contributed by atoms with Crippen molar-refractivity contribution < 1.29 is 44.5 Å². The summed E-state index contributed by atoms with van der Waals surface area (Å²) in [4.78, 5) is 5.44. The van der Waals surface area contributed by atoms with Crippen LogP contribution in [0.1, 0.15) is 158 Å². The molecule has 284 valence electrons. The highest BCUT2D eigenvalue weighted by Gasteiger charge is 2.40. The Morgan fingerprint density at radius 2 is 0.604 bits per heavy atom. The largest absolute Gasteiger partial charge is 1.00 e. The second kappa shape index (κ2) is 26.3. The van der Waals surface area contributed by atoms with Crippen molar-refractivity contribution in [2.75, 3.05) is 0 Å². The Hall–Kier alpha value is -1.49. The average molecular weight is 705 g/mol. The molecule has 4 aliphatic rings. The van der Waals surface area contributed by atoms with E-state index >= 15 is 0 Å². The van der Waals surface area contributed by atoms with E-state index in [1.54, 1.807) is 0 Å². The van der Waals surface area contributed by atoms with Gasteiger partial charge in [-0.2, -0.15) is 0 Å². The van der Waals surface area contributed by atoms with Gasteiger partial charge in [0.1, 0.15) is 0 Å². The molecule has 0 saturated carbocycles. The number of likely N-dealkylation sites (tertiary alicyclic amines) is 2. The van der Waals surface area contributed by atoms with Gasteiger partial charge in [-0.3, -0.25) is 44.8 Å². The normalized spacial score (nSPS) is 29.0. The van der Waals surface area contributed by atoms with Crippen LogP contribution >= 0.6 is 0 Å². The van der Waals surface area contributed by atoms with E-state index in [2.05, 4.69) is 87.0 Å². The van der Waals surface area contributed by atoms with Crippen molar-refractivity contribution >= 4 is 27.8 Å². The van der Waals surface area contributed by atoms with E-state index in [0.29, 0.717) is 0 Å². The van der Waals surface area contributed by atoms with E-state index < -0.39 is 15.1 Å². The average Bonchev–Trinajstić information content (AvgIpc) is 3.81. The van der Waals surface area contributed by atoms with Crippen LogP contribution in [0.3, 0.4) is 0 Å². The second-order valence-corrected chi connectivity index (χ2v) is 13.3. The molecule has 0 aromatic carbocycles. The number of hydrogen-bond acceptors (Lipinski definition) is 0. The molecule has 4 fully saturated rings. The van der Waals surface area contributed by atoms with Crippen molar-refractivity contribution in [3.05, 3.63) is 0 Å². The second-order valence-electron chi connectivity index (χ2n) is 13.3. The van der Waals surface area contributed by atoms with E-state index in [9.17, 15) is 25.9 Å². The van der Waals surface area contributed by atoms with E-state index in [1.807, 2.05) is 0 Å². The van der Waals surface area contributed by atoms with Crippen molar-refractivity contribution in [3.8, 4) is 0 Å². The van der Waals surface area contributed by atoms with Crippen molar-refractivity contribution in [1.82, 2.24) is 9.80 Å². The predicted octanol–water partition coefficient (Wildman–Crippen LogP) is 3.83. The molecule has 4 aliphatic heterocycles. The Balaban J connectivity index is 0. The Labute approximate surface area is 288 Å². The highest BCUT2D eigenvalue weighted by molar-refractivity contribution is 6.33. The van der Waals surface area contributed by atoms with Gasteiger partial charge in [0.2, 0.25) is 12.7 Å². The van der Waals surface area contributed by atoms with Crippen LogP contribution in [0, 0.1) is 0 Å². The molecule has 4 saturated heterocycles.